The van der Waals surface area contributed by atoms with Gasteiger partial charge in [0.2, 0.25) is 0 Å². The molecule has 0 saturated carbocycles. The van der Waals surface area contributed by atoms with Crippen LogP contribution in [0.2, 0.25) is 0 Å². The molecular formula is C81H60N4O8. The third-order valence-electron chi connectivity index (χ3n) is 16.7. The molecule has 93 heavy (non-hydrogen) atoms. The van der Waals surface area contributed by atoms with Gasteiger partial charge in [-0.1, -0.05) is 151 Å². The van der Waals surface area contributed by atoms with Crippen LogP contribution < -0.4 is 37.9 Å². The van der Waals surface area contributed by atoms with E-state index in [1.54, 1.807) is 121 Å². The lowest BCUT2D eigenvalue weighted by Gasteiger charge is -2.31. The number of rotatable bonds is 20. The molecule has 1 spiro atoms. The van der Waals surface area contributed by atoms with Gasteiger partial charge in [-0.25, -0.2) is 9.69 Å². The van der Waals surface area contributed by atoms with Crippen LogP contribution in [0.4, 0.5) is 11.4 Å². The lowest BCUT2D eigenvalue weighted by molar-refractivity contribution is 0.349. The van der Waals surface area contributed by atoms with Gasteiger partial charge < -0.3 is 37.9 Å². The van der Waals surface area contributed by atoms with E-state index in [1.165, 1.54) is 0 Å². The molecule has 0 aliphatic heterocycles. The van der Waals surface area contributed by atoms with Gasteiger partial charge >= 0.3 is 0 Å². The zero-order chi connectivity index (χ0) is 65.0. The van der Waals surface area contributed by atoms with Crippen molar-refractivity contribution in [3.05, 3.63) is 299 Å². The van der Waals surface area contributed by atoms with E-state index in [4.69, 9.17) is 51.0 Å². The number of ether oxygens (including phenoxy) is 8. The Balaban J connectivity index is 1.02. The summed E-state index contributed by atoms with van der Waals surface area (Å²) in [4.78, 5) is 7.93. The quantitative estimate of drug-likeness (QED) is 0.0680. The number of hydrogen-bond acceptors (Lipinski definition) is 10. The summed E-state index contributed by atoms with van der Waals surface area (Å²) in [6.45, 7) is 41.3. The summed E-state index contributed by atoms with van der Waals surface area (Å²) >= 11 is 0. The normalized spacial score (nSPS) is 14.3. The van der Waals surface area contributed by atoms with Crippen LogP contribution in [0.5, 0.6) is 92.0 Å². The van der Waals surface area contributed by atoms with E-state index in [1.807, 2.05) is 97.1 Å². The maximum absolute atomic E-state index is 11.0. The van der Waals surface area contributed by atoms with Gasteiger partial charge in [0.05, 0.1) is 13.1 Å². The topological polar surface area (TPSA) is 130 Å². The van der Waals surface area contributed by atoms with Crippen molar-refractivity contribution < 1.29 is 37.9 Å². The first-order valence-corrected chi connectivity index (χ1v) is 29.9. The van der Waals surface area contributed by atoms with E-state index in [0.29, 0.717) is 35.8 Å². The Kier molecular flexibility index (Phi) is 16.5. The number of fused-ring (bicyclic) bond motifs is 4. The molecule has 0 radical (unpaired) electrons. The standard InChI is InChI=1S/C81H60N4O8/c1-11-51-27-35-55(36-28-51)86-65-19-15-21-67(59(65)47-82)90-73-43-61-63(45-75(73)91-68-22-16-20-66(60(68)48-83)87-56-37-29-52(12-2)30-38-56)81(49-79(61,5)6)50-80(7,8)62-44-74(92-71-25-17-23-69(77(71)84-9)88-57-39-31-53(13-3)32-40-57)76(46-64(62)81)93-72-26-18-24-70(78(72)85-10)89-58-41-33-54(14-4)34-42-58/h11-46H,1-4,49-50H2,5-8H3. The lowest BCUT2D eigenvalue weighted by atomic mass is 9.72. The van der Waals surface area contributed by atoms with E-state index >= 15 is 0 Å². The molecule has 0 saturated heterocycles. The molecule has 0 N–H and O–H groups in total. The molecule has 12 heteroatoms. The molecule has 0 heterocycles. The minimum Gasteiger partial charge on any atom is -0.468 e. The van der Waals surface area contributed by atoms with Crippen LogP contribution in [-0.2, 0) is 16.2 Å². The summed E-state index contributed by atoms with van der Waals surface area (Å²) in [6, 6.07) is 62.7. The van der Waals surface area contributed by atoms with Gasteiger partial charge in [-0.2, -0.15) is 10.5 Å². The first-order chi connectivity index (χ1) is 45.1. The molecule has 2 aliphatic carbocycles. The Hall–Kier alpha value is -12.5. The third kappa shape index (κ3) is 12.0. The zero-order valence-electron chi connectivity index (χ0n) is 51.6. The first kappa shape index (κ1) is 60.8. The maximum atomic E-state index is 11.0. The van der Waals surface area contributed by atoms with E-state index in [0.717, 1.165) is 44.5 Å². The average Bonchev–Trinajstić information content (AvgIpc) is 1.52. The minimum atomic E-state index is -0.764. The second-order valence-corrected chi connectivity index (χ2v) is 23.7. The highest BCUT2D eigenvalue weighted by Crippen LogP contribution is 2.66. The molecular weight excluding hydrogens is 1160 g/mol. The van der Waals surface area contributed by atoms with Gasteiger partial charge in [-0.05, 0) is 190 Å². The number of benzene rings is 10. The van der Waals surface area contributed by atoms with Crippen molar-refractivity contribution in [3.8, 4) is 104 Å². The molecule has 0 aromatic heterocycles. The minimum absolute atomic E-state index is 0.115. The van der Waals surface area contributed by atoms with Crippen molar-refractivity contribution in [1.82, 2.24) is 0 Å². The predicted molar refractivity (Wildman–Crippen MR) is 363 cm³/mol. The van der Waals surface area contributed by atoms with Gasteiger partial charge in [0.25, 0.3) is 11.4 Å². The van der Waals surface area contributed by atoms with Gasteiger partial charge in [0.1, 0.15) is 92.3 Å². The largest absolute Gasteiger partial charge is 0.468 e. The Labute approximate surface area is 541 Å². The number of para-hydroxylation sites is 2. The molecule has 12 rings (SSSR count). The highest BCUT2D eigenvalue weighted by molar-refractivity contribution is 5.74. The Bertz CT molecular complexity index is 4500. The molecule has 10 aromatic carbocycles. The van der Waals surface area contributed by atoms with E-state index < -0.39 is 16.2 Å². The molecule has 10 aromatic rings. The fourth-order valence-corrected chi connectivity index (χ4v) is 12.4. The summed E-state index contributed by atoms with van der Waals surface area (Å²) in [7, 11) is 0. The highest BCUT2D eigenvalue weighted by Gasteiger charge is 2.57. The second-order valence-electron chi connectivity index (χ2n) is 23.7. The highest BCUT2D eigenvalue weighted by atomic mass is 16.5. The predicted octanol–water partition coefficient (Wildman–Crippen LogP) is 23.1. The van der Waals surface area contributed by atoms with Crippen LogP contribution >= 0.6 is 0 Å². The van der Waals surface area contributed by atoms with Crippen LogP contribution in [-0.4, -0.2) is 0 Å². The van der Waals surface area contributed by atoms with Crippen molar-refractivity contribution >= 4 is 35.7 Å². The summed E-state index contributed by atoms with van der Waals surface area (Å²) in [6.07, 6.45) is 8.15. The van der Waals surface area contributed by atoms with Crippen molar-refractivity contribution in [1.29, 1.82) is 10.5 Å². The maximum Gasteiger partial charge on any atom is 0.270 e. The van der Waals surface area contributed by atoms with Crippen LogP contribution in [0.25, 0.3) is 34.0 Å². The van der Waals surface area contributed by atoms with E-state index in [2.05, 4.69) is 75.8 Å². The molecule has 2 aliphatic rings. The number of nitrogens with zero attached hydrogens (tertiary/aromatic N) is 4. The van der Waals surface area contributed by atoms with E-state index in [-0.39, 0.29) is 91.5 Å². The van der Waals surface area contributed by atoms with Crippen molar-refractivity contribution in [2.45, 2.75) is 56.8 Å². The third-order valence-corrected chi connectivity index (χ3v) is 16.7. The van der Waals surface area contributed by atoms with Gasteiger partial charge in [-0.3, -0.25) is 0 Å². The molecule has 452 valence electrons. The smallest absolute Gasteiger partial charge is 0.270 e. The zero-order valence-corrected chi connectivity index (χ0v) is 51.6. The fraction of sp³-hybridized carbons (Fsp3) is 0.111. The SMILES string of the molecule is [C-]#[N+]c1c(Oc2ccc(C=C)cc2)cccc1Oc1cc2c(cc1Oc1cccc(Oc3ccc(C=C)cc3)c1[N+]#[C-])C1(CC(C)(C)c3cc(Oc4cccc(Oc5ccc(C=C)cc5)c4C#N)c(Oc4cccc(Oc5ccc(C=C)cc5)c4C#N)cc31)CC2(C)C. The lowest BCUT2D eigenvalue weighted by Crippen LogP contribution is -2.27. The molecule has 12 nitrogen and oxygen atoms in total. The summed E-state index contributed by atoms with van der Waals surface area (Å²) < 4.78 is 53.4. The average molecular weight is 1220 g/mol. The summed E-state index contributed by atoms with van der Waals surface area (Å²) in [5.41, 5.74) is 6.05. The summed E-state index contributed by atoms with van der Waals surface area (Å²) in [5.74, 6) is 4.98. The van der Waals surface area contributed by atoms with Crippen molar-refractivity contribution in [2.75, 3.05) is 0 Å². The molecule has 0 bridgehead atoms. The second kappa shape index (κ2) is 25.2. The van der Waals surface area contributed by atoms with Gasteiger partial charge in [-0.15, -0.1) is 0 Å². The summed E-state index contributed by atoms with van der Waals surface area (Å²) in [5, 5.41) is 21.8. The van der Waals surface area contributed by atoms with Crippen LogP contribution in [0.1, 0.15) is 96.2 Å². The molecule has 0 fully saturated rings. The fourth-order valence-electron chi connectivity index (χ4n) is 12.4. The first-order valence-electron chi connectivity index (χ1n) is 29.9. The molecule has 1 unspecified atom stereocenters. The number of nitriles is 2. The van der Waals surface area contributed by atoms with Gasteiger partial charge in [0, 0.05) is 5.41 Å². The molecule has 1 atom stereocenters. The van der Waals surface area contributed by atoms with E-state index in [9.17, 15) is 10.5 Å². The Morgan fingerprint density at radius 3 is 0.849 bits per heavy atom. The molecule has 0 amide bonds. The monoisotopic (exact) mass is 1220 g/mol. The van der Waals surface area contributed by atoms with Crippen LogP contribution in [0.15, 0.2) is 220 Å². The van der Waals surface area contributed by atoms with Gasteiger partial charge in [0.15, 0.2) is 23.0 Å². The van der Waals surface area contributed by atoms with Crippen LogP contribution in [0, 0.1) is 35.8 Å². The van der Waals surface area contributed by atoms with Crippen molar-refractivity contribution in [2.24, 2.45) is 0 Å². The van der Waals surface area contributed by atoms with Crippen LogP contribution in [0.3, 0.4) is 0 Å². The van der Waals surface area contributed by atoms with Crippen molar-refractivity contribution in [3.63, 3.8) is 0 Å². The Morgan fingerprint density at radius 2 is 0.581 bits per heavy atom. The number of hydrogen-bond donors (Lipinski definition) is 0. The Morgan fingerprint density at radius 1 is 0.344 bits per heavy atom.